The average Bonchev–Trinajstić information content (AvgIpc) is 2.06. The Labute approximate surface area is 242 Å². The molecule has 0 aliphatic heterocycles. The second-order valence-electron chi connectivity index (χ2n) is 4.04. The molecule has 0 saturated heterocycles. The van der Waals surface area contributed by atoms with Gasteiger partial charge in [0.15, 0.2) is 19.6 Å². The molecule has 0 unspecified atom stereocenters. The molecule has 0 atom stereocenters. The van der Waals surface area contributed by atoms with Gasteiger partial charge in [-0.2, -0.15) is 0 Å². The molecule has 0 aliphatic rings. The van der Waals surface area contributed by atoms with Crippen molar-refractivity contribution in [1.82, 2.24) is 6.15 Å². The van der Waals surface area contributed by atoms with E-state index in [9.17, 15) is 24.3 Å². The van der Waals surface area contributed by atoms with E-state index in [1.807, 2.05) is 0 Å². The molecule has 0 aromatic carbocycles. The SMILES string of the molecule is N.O=C([O-])C[N+](CC(=O)O)(CC(=O)O)CC(=O)O.O=P(O)(O)O.[NaH].[NaH].[NaH].[NaH]. The Morgan fingerprint density at radius 3 is 1.00 bits per heavy atom. The van der Waals surface area contributed by atoms with E-state index < -0.39 is 62.4 Å². The van der Waals surface area contributed by atoms with Crippen molar-refractivity contribution in [2.45, 2.75) is 0 Å². The Morgan fingerprint density at radius 1 is 0.704 bits per heavy atom. The summed E-state index contributed by atoms with van der Waals surface area (Å²) < 4.78 is 7.75. The number of carboxylic acids is 4. The van der Waals surface area contributed by atoms with E-state index in [1.54, 1.807) is 0 Å². The van der Waals surface area contributed by atoms with Crippen LogP contribution in [0.1, 0.15) is 0 Å². The third kappa shape index (κ3) is 39.0. The van der Waals surface area contributed by atoms with Crippen LogP contribution in [0.15, 0.2) is 0 Å². The van der Waals surface area contributed by atoms with Crippen LogP contribution in [0.5, 0.6) is 0 Å². The molecule has 0 fully saturated rings. The summed E-state index contributed by atoms with van der Waals surface area (Å²) in [4.78, 5) is 63.7. The first kappa shape index (κ1) is 46.9. The number of aliphatic carboxylic acids is 4. The number of carbonyl (C=O) groups is 4. The van der Waals surface area contributed by atoms with Crippen LogP contribution in [0.4, 0.5) is 0 Å². The van der Waals surface area contributed by atoms with Gasteiger partial charge in [-0.3, -0.25) is 4.48 Å². The molecule has 144 valence electrons. The minimum absolute atomic E-state index is 0. The van der Waals surface area contributed by atoms with Gasteiger partial charge in [-0.1, -0.05) is 0 Å². The van der Waals surface area contributed by atoms with E-state index in [1.165, 1.54) is 0 Å². The Bertz CT molecular complexity index is 424. The van der Waals surface area contributed by atoms with E-state index in [2.05, 4.69) is 0 Å². The number of quaternary nitrogens is 1. The quantitative estimate of drug-likeness (QED) is 0.101. The zero-order chi connectivity index (χ0) is 18.1. The van der Waals surface area contributed by atoms with Crippen LogP contribution in [0.25, 0.3) is 0 Å². The molecule has 14 nitrogen and oxygen atoms in total. The van der Waals surface area contributed by atoms with E-state index in [0.717, 1.165) is 0 Å². The molecule has 0 heterocycles. The van der Waals surface area contributed by atoms with Gasteiger partial charge in [0.05, 0.1) is 5.97 Å². The van der Waals surface area contributed by atoms with Gasteiger partial charge in [0, 0.05) is 0 Å². The maximum absolute atomic E-state index is 10.5. The van der Waals surface area contributed by atoms with Crippen molar-refractivity contribution in [3.8, 4) is 0 Å². The number of carboxylic acid groups (broad SMARTS) is 4. The van der Waals surface area contributed by atoms with Crippen molar-refractivity contribution in [3.63, 3.8) is 0 Å². The van der Waals surface area contributed by atoms with Crippen molar-refractivity contribution >= 4 is 150 Å². The van der Waals surface area contributed by atoms with Gasteiger partial charge in [0.1, 0.15) is 6.54 Å². The standard InChI is InChI=1S/C8H11NO8.H3N.4Na.H3O4P.4H/c10-5(11)1-9(2-6(12)13,3-7(14)15)4-8(16)17;;;;;;1-5(2,3)4;;;;/h1-4H2,(H3-,10,11,12,13,14,15,16,17);1H3;;;;;(H3,1,2,3,4);;;;. The van der Waals surface area contributed by atoms with Gasteiger partial charge in [-0.25, -0.2) is 18.9 Å². The third-order valence-electron chi connectivity index (χ3n) is 1.88. The van der Waals surface area contributed by atoms with Crippen LogP contribution in [0.2, 0.25) is 0 Å². The molecule has 9 N–H and O–H groups in total. The van der Waals surface area contributed by atoms with Gasteiger partial charge in [-0.15, -0.1) is 0 Å². The van der Waals surface area contributed by atoms with E-state index >= 15 is 0 Å². The summed E-state index contributed by atoms with van der Waals surface area (Å²) in [7, 11) is -4.64. The number of nitrogens with zero attached hydrogens (tertiary/aromatic N) is 1. The van der Waals surface area contributed by atoms with Gasteiger partial charge < -0.3 is 46.1 Å². The molecule has 0 aromatic heterocycles. The molecule has 0 aromatic rings. The molecule has 0 saturated carbocycles. The fourth-order valence-electron chi connectivity index (χ4n) is 1.47. The predicted octanol–water partition coefficient (Wildman–Crippen LogP) is -6.55. The first-order chi connectivity index (χ1) is 9.67. The van der Waals surface area contributed by atoms with E-state index in [0.29, 0.717) is 0 Å². The van der Waals surface area contributed by atoms with Gasteiger partial charge in [0.2, 0.25) is 0 Å². The molecule has 19 heteroatoms. The average molecular weight is 460 g/mol. The van der Waals surface area contributed by atoms with E-state index in [-0.39, 0.29) is 124 Å². The number of phosphoric acid groups is 1. The Kier molecular flexibility index (Phi) is 39.3. The second-order valence-corrected chi connectivity index (χ2v) is 5.07. The molecular weight excluding hydrogens is 439 g/mol. The zero-order valence-corrected chi connectivity index (χ0v) is 12.5. The first-order valence-corrected chi connectivity index (χ1v) is 6.72. The summed E-state index contributed by atoms with van der Waals surface area (Å²) in [5.41, 5.74) is 0. The van der Waals surface area contributed by atoms with E-state index in [4.69, 9.17) is 34.6 Å². The van der Waals surface area contributed by atoms with Crippen LogP contribution >= 0.6 is 7.82 Å². The fourth-order valence-corrected chi connectivity index (χ4v) is 1.47. The second kappa shape index (κ2) is 22.6. The van der Waals surface area contributed by atoms with Crippen LogP contribution in [0, 0.1) is 0 Å². The third-order valence-corrected chi connectivity index (χ3v) is 1.88. The topological polar surface area (TPSA) is 265 Å². The number of carbonyl (C=O) groups excluding carboxylic acids is 1. The van der Waals surface area contributed by atoms with Crippen molar-refractivity contribution in [1.29, 1.82) is 0 Å². The summed E-state index contributed by atoms with van der Waals surface area (Å²) >= 11 is 0. The summed E-state index contributed by atoms with van der Waals surface area (Å²) in [6, 6.07) is 0. The van der Waals surface area contributed by atoms with Gasteiger partial charge in [0.25, 0.3) is 0 Å². The Balaban J connectivity index is -0.0000000713. The fraction of sp³-hybridized carbons (Fsp3) is 0.500. The Hall–Kier alpha value is 1.91. The van der Waals surface area contributed by atoms with Crippen LogP contribution < -0.4 is 11.3 Å². The van der Waals surface area contributed by atoms with Crippen molar-refractivity contribution in [3.05, 3.63) is 0 Å². The van der Waals surface area contributed by atoms with Crippen LogP contribution in [-0.4, -0.2) is 203 Å². The molecule has 0 bridgehead atoms. The molecule has 0 radical (unpaired) electrons. The minimum atomic E-state index is -4.64. The number of hydrogen-bond donors (Lipinski definition) is 7. The first-order valence-electron chi connectivity index (χ1n) is 5.15. The van der Waals surface area contributed by atoms with Crippen molar-refractivity contribution in [2.75, 3.05) is 26.2 Å². The summed E-state index contributed by atoms with van der Waals surface area (Å²) in [5.74, 6) is -6.19. The molecular formula is C8H21N2Na4O12P. The van der Waals surface area contributed by atoms with Crippen LogP contribution in [-0.2, 0) is 23.7 Å². The number of hydrogen-bond acceptors (Lipinski definition) is 7. The summed E-state index contributed by atoms with van der Waals surface area (Å²) in [5, 5.41) is 36.2. The Morgan fingerprint density at radius 2 is 0.889 bits per heavy atom. The van der Waals surface area contributed by atoms with Gasteiger partial charge >= 0.3 is 144 Å². The van der Waals surface area contributed by atoms with Crippen molar-refractivity contribution in [2.24, 2.45) is 0 Å². The number of rotatable bonds is 8. The predicted molar refractivity (Wildman–Crippen MR) is 95.5 cm³/mol. The summed E-state index contributed by atoms with van der Waals surface area (Å²) in [6.45, 7) is -3.77. The molecule has 0 spiro atoms. The molecule has 0 aliphatic carbocycles. The maximum atomic E-state index is 10.5. The van der Waals surface area contributed by atoms with Crippen molar-refractivity contribution < 1.29 is 63.3 Å². The molecule has 27 heavy (non-hydrogen) atoms. The molecule has 0 amide bonds. The molecule has 0 rings (SSSR count). The zero-order valence-electron chi connectivity index (χ0n) is 11.6. The summed E-state index contributed by atoms with van der Waals surface area (Å²) in [6.07, 6.45) is 0. The monoisotopic (exact) mass is 460 g/mol. The normalized spacial score (nSPS) is 9.00. The van der Waals surface area contributed by atoms with Crippen LogP contribution in [0.3, 0.4) is 0 Å². The van der Waals surface area contributed by atoms with Gasteiger partial charge in [-0.05, 0) is 0 Å².